The van der Waals surface area contributed by atoms with Crippen LogP contribution in [0.4, 0.5) is 0 Å². The molecule has 1 aliphatic rings. The minimum absolute atomic E-state index is 0.197. The number of benzene rings is 1. The zero-order valence-corrected chi connectivity index (χ0v) is 12.2. The largest absolute Gasteiger partial charge is 0.391 e. The van der Waals surface area contributed by atoms with E-state index in [1.54, 1.807) is 0 Å². The van der Waals surface area contributed by atoms with Crippen LogP contribution in [0.1, 0.15) is 36.8 Å². The molecule has 3 N–H and O–H groups in total. The standard InChI is InChI=1S/C15H22N2OS/c1-17(13-7-2-3-8-14(13)18)10-11-5-4-6-12(9-11)15(16)19/h4-6,9,13-14,18H,2-3,7-8,10H2,1H3,(H2,16,19). The first-order valence-corrected chi connectivity index (χ1v) is 7.26. The van der Waals surface area contributed by atoms with Crippen molar-refractivity contribution < 1.29 is 5.11 Å². The normalized spacial score (nSPS) is 23.5. The molecule has 2 unspecified atom stereocenters. The van der Waals surface area contributed by atoms with Crippen LogP contribution in [0.2, 0.25) is 0 Å². The van der Waals surface area contributed by atoms with E-state index in [2.05, 4.69) is 18.0 Å². The molecular formula is C15H22N2OS. The quantitative estimate of drug-likeness (QED) is 0.828. The van der Waals surface area contributed by atoms with Gasteiger partial charge in [-0.05, 0) is 31.5 Å². The summed E-state index contributed by atoms with van der Waals surface area (Å²) in [6.07, 6.45) is 4.15. The Kier molecular flexibility index (Phi) is 4.91. The molecule has 1 aromatic rings. The van der Waals surface area contributed by atoms with Gasteiger partial charge in [0, 0.05) is 18.2 Å². The van der Waals surface area contributed by atoms with E-state index in [-0.39, 0.29) is 12.1 Å². The Morgan fingerprint density at radius 2 is 2.16 bits per heavy atom. The third-order valence-corrected chi connectivity index (χ3v) is 4.14. The molecule has 0 aromatic heterocycles. The SMILES string of the molecule is CN(Cc1cccc(C(N)=S)c1)C1CCCCC1O. The number of nitrogens with two attached hydrogens (primary N) is 1. The minimum atomic E-state index is -0.197. The molecule has 0 radical (unpaired) electrons. The second-order valence-electron chi connectivity index (χ2n) is 5.40. The average molecular weight is 278 g/mol. The monoisotopic (exact) mass is 278 g/mol. The molecule has 1 fully saturated rings. The zero-order chi connectivity index (χ0) is 13.8. The van der Waals surface area contributed by atoms with Crippen molar-refractivity contribution in [3.63, 3.8) is 0 Å². The van der Waals surface area contributed by atoms with Gasteiger partial charge < -0.3 is 10.8 Å². The Morgan fingerprint density at radius 1 is 1.42 bits per heavy atom. The van der Waals surface area contributed by atoms with Crippen LogP contribution in [0, 0.1) is 0 Å². The fraction of sp³-hybridized carbons (Fsp3) is 0.533. The van der Waals surface area contributed by atoms with Gasteiger partial charge in [0.05, 0.1) is 6.10 Å². The molecule has 2 atom stereocenters. The molecule has 0 amide bonds. The van der Waals surface area contributed by atoms with Crippen LogP contribution in [0.3, 0.4) is 0 Å². The second kappa shape index (κ2) is 6.46. The number of aliphatic hydroxyl groups is 1. The highest BCUT2D eigenvalue weighted by Crippen LogP contribution is 2.23. The number of hydrogen-bond donors (Lipinski definition) is 2. The Balaban J connectivity index is 2.03. The van der Waals surface area contributed by atoms with Gasteiger partial charge in [0.2, 0.25) is 0 Å². The molecule has 2 rings (SSSR count). The van der Waals surface area contributed by atoms with Crippen molar-refractivity contribution in [1.29, 1.82) is 0 Å². The van der Waals surface area contributed by atoms with Gasteiger partial charge >= 0.3 is 0 Å². The van der Waals surface area contributed by atoms with Crippen molar-refractivity contribution in [1.82, 2.24) is 4.90 Å². The van der Waals surface area contributed by atoms with E-state index in [1.165, 1.54) is 12.0 Å². The van der Waals surface area contributed by atoms with Crippen LogP contribution in [-0.2, 0) is 6.54 Å². The highest BCUT2D eigenvalue weighted by molar-refractivity contribution is 7.80. The van der Waals surface area contributed by atoms with Gasteiger partial charge in [-0.15, -0.1) is 0 Å². The van der Waals surface area contributed by atoms with Gasteiger partial charge in [0.15, 0.2) is 0 Å². The summed E-state index contributed by atoms with van der Waals surface area (Å²) >= 11 is 5.00. The first-order chi connectivity index (χ1) is 9.08. The summed E-state index contributed by atoms with van der Waals surface area (Å²) < 4.78 is 0. The molecule has 3 nitrogen and oxygen atoms in total. The third-order valence-electron chi connectivity index (χ3n) is 3.90. The topological polar surface area (TPSA) is 49.5 Å². The molecule has 0 bridgehead atoms. The summed E-state index contributed by atoms with van der Waals surface area (Å²) in [5.74, 6) is 0. The number of nitrogens with zero attached hydrogens (tertiary/aromatic N) is 1. The van der Waals surface area contributed by atoms with Gasteiger partial charge in [0.25, 0.3) is 0 Å². The van der Waals surface area contributed by atoms with Crippen molar-refractivity contribution in [2.75, 3.05) is 7.05 Å². The number of thiocarbonyl (C=S) groups is 1. The molecule has 4 heteroatoms. The third kappa shape index (κ3) is 3.75. The smallest absolute Gasteiger partial charge is 0.103 e. The number of rotatable bonds is 4. The van der Waals surface area contributed by atoms with Crippen molar-refractivity contribution in [2.24, 2.45) is 5.73 Å². The molecule has 0 aliphatic heterocycles. The maximum Gasteiger partial charge on any atom is 0.103 e. The summed E-state index contributed by atoms with van der Waals surface area (Å²) in [4.78, 5) is 2.67. The lowest BCUT2D eigenvalue weighted by molar-refractivity contribution is 0.0288. The van der Waals surface area contributed by atoms with Crippen LogP contribution in [-0.4, -0.2) is 34.2 Å². The summed E-state index contributed by atoms with van der Waals surface area (Å²) in [5.41, 5.74) is 7.75. The van der Waals surface area contributed by atoms with Gasteiger partial charge in [-0.1, -0.05) is 43.3 Å². The molecule has 1 aliphatic carbocycles. The highest BCUT2D eigenvalue weighted by atomic mass is 32.1. The molecule has 1 saturated carbocycles. The van der Waals surface area contributed by atoms with Crippen molar-refractivity contribution in [3.05, 3.63) is 35.4 Å². The van der Waals surface area contributed by atoms with Gasteiger partial charge in [-0.25, -0.2) is 0 Å². The van der Waals surface area contributed by atoms with Gasteiger partial charge in [-0.2, -0.15) is 0 Å². The molecule has 104 valence electrons. The van der Waals surface area contributed by atoms with Crippen molar-refractivity contribution in [3.8, 4) is 0 Å². The second-order valence-corrected chi connectivity index (χ2v) is 5.84. The molecule has 0 heterocycles. The van der Waals surface area contributed by atoms with E-state index < -0.39 is 0 Å². The lowest BCUT2D eigenvalue weighted by Gasteiger charge is -2.35. The summed E-state index contributed by atoms with van der Waals surface area (Å²) in [5, 5.41) is 10.1. The number of hydrogen-bond acceptors (Lipinski definition) is 3. The van der Waals surface area contributed by atoms with E-state index in [9.17, 15) is 5.11 Å². The Labute approximate surface area is 120 Å². The summed E-state index contributed by atoms with van der Waals surface area (Å²) in [6.45, 7) is 0.818. The average Bonchev–Trinajstić information content (AvgIpc) is 2.39. The fourth-order valence-electron chi connectivity index (χ4n) is 2.83. The van der Waals surface area contributed by atoms with E-state index in [1.807, 2.05) is 18.2 Å². The fourth-order valence-corrected chi connectivity index (χ4v) is 2.96. The Morgan fingerprint density at radius 3 is 2.84 bits per heavy atom. The highest BCUT2D eigenvalue weighted by Gasteiger charge is 2.26. The van der Waals surface area contributed by atoms with E-state index in [4.69, 9.17) is 18.0 Å². The van der Waals surface area contributed by atoms with Gasteiger partial charge in [0.1, 0.15) is 4.99 Å². The molecular weight excluding hydrogens is 256 g/mol. The van der Waals surface area contributed by atoms with E-state index in [0.29, 0.717) is 4.99 Å². The van der Waals surface area contributed by atoms with Crippen LogP contribution in [0.5, 0.6) is 0 Å². The van der Waals surface area contributed by atoms with Crippen LogP contribution >= 0.6 is 12.2 Å². The predicted molar refractivity (Wildman–Crippen MR) is 82.1 cm³/mol. The summed E-state index contributed by atoms with van der Waals surface area (Å²) in [6, 6.07) is 8.29. The lowest BCUT2D eigenvalue weighted by Crippen LogP contribution is -2.42. The maximum absolute atomic E-state index is 10.1. The maximum atomic E-state index is 10.1. The lowest BCUT2D eigenvalue weighted by atomic mass is 9.91. The predicted octanol–water partition coefficient (Wildman–Crippen LogP) is 2.06. The minimum Gasteiger partial charge on any atom is -0.391 e. The number of likely N-dealkylation sites (N-methyl/N-ethyl adjacent to an activating group) is 1. The van der Waals surface area contributed by atoms with Crippen LogP contribution in [0.15, 0.2) is 24.3 Å². The number of aliphatic hydroxyl groups excluding tert-OH is 1. The Bertz CT molecular complexity index is 450. The van der Waals surface area contributed by atoms with Crippen LogP contribution < -0.4 is 5.73 Å². The van der Waals surface area contributed by atoms with Crippen molar-refractivity contribution >= 4 is 17.2 Å². The molecule has 1 aromatic carbocycles. The van der Waals surface area contributed by atoms with Crippen LogP contribution in [0.25, 0.3) is 0 Å². The molecule has 19 heavy (non-hydrogen) atoms. The van der Waals surface area contributed by atoms with E-state index in [0.717, 1.165) is 31.4 Å². The zero-order valence-electron chi connectivity index (χ0n) is 11.4. The first kappa shape index (κ1) is 14.4. The molecule has 0 spiro atoms. The van der Waals surface area contributed by atoms with Crippen molar-refractivity contribution in [2.45, 2.75) is 44.4 Å². The van der Waals surface area contributed by atoms with Gasteiger partial charge in [-0.3, -0.25) is 4.90 Å². The molecule has 0 saturated heterocycles. The Hall–Kier alpha value is -0.970. The van der Waals surface area contributed by atoms with E-state index >= 15 is 0 Å². The first-order valence-electron chi connectivity index (χ1n) is 6.85. The summed E-state index contributed by atoms with van der Waals surface area (Å²) in [7, 11) is 2.08.